The first-order valence-electron chi connectivity index (χ1n) is 8.85. The lowest BCUT2D eigenvalue weighted by molar-refractivity contribution is 0.234. The molecule has 0 bridgehead atoms. The fraction of sp³-hybridized carbons (Fsp3) is 0.421. The van der Waals surface area contributed by atoms with E-state index in [1.54, 1.807) is 12.1 Å². The fourth-order valence-corrected chi connectivity index (χ4v) is 3.13. The Morgan fingerprint density at radius 2 is 1.88 bits per heavy atom. The highest BCUT2D eigenvalue weighted by atomic mass is 19.1. The summed E-state index contributed by atoms with van der Waals surface area (Å²) in [6.45, 7) is 5.94. The predicted octanol–water partition coefficient (Wildman–Crippen LogP) is 2.70. The van der Waals surface area contributed by atoms with Crippen molar-refractivity contribution in [1.82, 2.24) is 20.6 Å². The highest BCUT2D eigenvalue weighted by Crippen LogP contribution is 2.18. The molecule has 1 fully saturated rings. The van der Waals surface area contributed by atoms with Crippen LogP contribution in [-0.4, -0.2) is 35.1 Å². The smallest absolute Gasteiger partial charge is 0.315 e. The molecule has 138 valence electrons. The number of anilines is 1. The highest BCUT2D eigenvalue weighted by Gasteiger charge is 2.21. The summed E-state index contributed by atoms with van der Waals surface area (Å²) in [6, 6.07) is 8.06. The number of urea groups is 1. The van der Waals surface area contributed by atoms with Crippen LogP contribution in [0.4, 0.5) is 15.0 Å². The van der Waals surface area contributed by atoms with Gasteiger partial charge in [0.15, 0.2) is 0 Å². The normalized spacial score (nSPS) is 15.0. The first-order chi connectivity index (χ1) is 12.5. The maximum atomic E-state index is 12.9. The molecule has 2 aromatic rings. The van der Waals surface area contributed by atoms with E-state index in [1.807, 2.05) is 19.9 Å². The predicted molar refractivity (Wildman–Crippen MR) is 98.5 cm³/mol. The van der Waals surface area contributed by atoms with Gasteiger partial charge >= 0.3 is 6.03 Å². The molecule has 0 unspecified atom stereocenters. The number of halogens is 1. The lowest BCUT2D eigenvalue weighted by atomic mass is 10.1. The molecule has 0 aliphatic carbocycles. The standard InChI is InChI=1S/C19H24FN5O/c1-13-11-18(23-14(2)22-13)25-9-7-17(8-10-25)24-19(26)21-12-15-3-5-16(20)6-4-15/h3-6,11,17H,7-10,12H2,1-2H3,(H2,21,24,26). The number of carbonyl (C=O) groups excluding carboxylic acids is 1. The second-order valence-corrected chi connectivity index (χ2v) is 6.63. The van der Waals surface area contributed by atoms with Crippen LogP contribution in [0, 0.1) is 19.7 Å². The summed E-state index contributed by atoms with van der Waals surface area (Å²) >= 11 is 0. The largest absolute Gasteiger partial charge is 0.356 e. The number of hydrogen-bond acceptors (Lipinski definition) is 4. The molecule has 1 aromatic heterocycles. The number of nitrogens with zero attached hydrogens (tertiary/aromatic N) is 3. The molecule has 1 saturated heterocycles. The van der Waals surface area contributed by atoms with Crippen molar-refractivity contribution in [3.05, 3.63) is 53.2 Å². The van der Waals surface area contributed by atoms with Crippen LogP contribution in [0.15, 0.2) is 30.3 Å². The number of amides is 2. The Balaban J connectivity index is 1.44. The van der Waals surface area contributed by atoms with E-state index < -0.39 is 0 Å². The molecular weight excluding hydrogens is 333 g/mol. The molecule has 1 aliphatic heterocycles. The molecule has 2 heterocycles. The lowest BCUT2D eigenvalue weighted by Gasteiger charge is -2.33. The van der Waals surface area contributed by atoms with Crippen LogP contribution < -0.4 is 15.5 Å². The monoisotopic (exact) mass is 357 g/mol. The van der Waals surface area contributed by atoms with Gasteiger partial charge in [-0.25, -0.2) is 19.2 Å². The third-order valence-corrected chi connectivity index (χ3v) is 4.47. The van der Waals surface area contributed by atoms with Crippen LogP contribution in [0.2, 0.25) is 0 Å². The summed E-state index contributed by atoms with van der Waals surface area (Å²) in [4.78, 5) is 23.1. The van der Waals surface area contributed by atoms with E-state index in [1.165, 1.54) is 12.1 Å². The number of aryl methyl sites for hydroxylation is 2. The van der Waals surface area contributed by atoms with Gasteiger partial charge in [0.1, 0.15) is 17.5 Å². The van der Waals surface area contributed by atoms with Crippen LogP contribution in [0.3, 0.4) is 0 Å². The van der Waals surface area contributed by atoms with Gasteiger partial charge in [0.25, 0.3) is 0 Å². The van der Waals surface area contributed by atoms with Crippen LogP contribution in [-0.2, 0) is 6.54 Å². The summed E-state index contributed by atoms with van der Waals surface area (Å²) in [5, 5.41) is 5.83. The molecule has 3 rings (SSSR count). The van der Waals surface area contributed by atoms with E-state index in [-0.39, 0.29) is 17.9 Å². The quantitative estimate of drug-likeness (QED) is 0.883. The number of aromatic nitrogens is 2. The molecule has 7 heteroatoms. The Morgan fingerprint density at radius 1 is 1.19 bits per heavy atom. The summed E-state index contributed by atoms with van der Waals surface area (Å²) in [6.07, 6.45) is 1.73. The minimum Gasteiger partial charge on any atom is -0.356 e. The molecule has 1 aliphatic rings. The zero-order valence-electron chi connectivity index (χ0n) is 15.1. The van der Waals surface area contributed by atoms with Crippen LogP contribution >= 0.6 is 0 Å². The number of piperidine rings is 1. The van der Waals surface area contributed by atoms with Crippen LogP contribution in [0.1, 0.15) is 29.9 Å². The topological polar surface area (TPSA) is 70.2 Å². The molecular formula is C19H24FN5O. The second-order valence-electron chi connectivity index (χ2n) is 6.63. The molecule has 0 radical (unpaired) electrons. The van der Waals surface area contributed by atoms with E-state index in [0.717, 1.165) is 48.8 Å². The van der Waals surface area contributed by atoms with Crippen LogP contribution in [0.25, 0.3) is 0 Å². The Bertz CT molecular complexity index is 737. The van der Waals surface area contributed by atoms with E-state index >= 15 is 0 Å². The zero-order chi connectivity index (χ0) is 18.5. The van der Waals surface area contributed by atoms with E-state index in [0.29, 0.717) is 6.54 Å². The third-order valence-electron chi connectivity index (χ3n) is 4.47. The summed E-state index contributed by atoms with van der Waals surface area (Å²) in [5.41, 5.74) is 1.83. The Kier molecular flexibility index (Phi) is 5.65. The molecule has 0 saturated carbocycles. The average Bonchev–Trinajstić information content (AvgIpc) is 2.61. The molecule has 6 nitrogen and oxygen atoms in total. The molecule has 0 atom stereocenters. The van der Waals surface area contributed by atoms with Crippen molar-refractivity contribution in [2.45, 2.75) is 39.3 Å². The van der Waals surface area contributed by atoms with Gasteiger partial charge in [0.2, 0.25) is 0 Å². The van der Waals surface area contributed by atoms with Gasteiger partial charge in [-0.15, -0.1) is 0 Å². The Hall–Kier alpha value is -2.70. The van der Waals surface area contributed by atoms with Crippen molar-refractivity contribution in [3.63, 3.8) is 0 Å². The van der Waals surface area contributed by atoms with Crippen LogP contribution in [0.5, 0.6) is 0 Å². The average molecular weight is 357 g/mol. The number of carbonyl (C=O) groups is 1. The second kappa shape index (κ2) is 8.12. The molecule has 2 N–H and O–H groups in total. The molecule has 0 spiro atoms. The number of benzene rings is 1. The van der Waals surface area contributed by atoms with Crippen molar-refractivity contribution >= 4 is 11.8 Å². The maximum absolute atomic E-state index is 12.9. The van der Waals surface area contributed by atoms with Gasteiger partial charge in [-0.05, 0) is 44.4 Å². The van der Waals surface area contributed by atoms with Crippen molar-refractivity contribution in [3.8, 4) is 0 Å². The summed E-state index contributed by atoms with van der Waals surface area (Å²) < 4.78 is 12.9. The van der Waals surface area contributed by atoms with Gasteiger partial charge in [0, 0.05) is 37.4 Å². The lowest BCUT2D eigenvalue weighted by Crippen LogP contribution is -2.48. The van der Waals surface area contributed by atoms with E-state index in [2.05, 4.69) is 25.5 Å². The molecule has 26 heavy (non-hydrogen) atoms. The molecule has 2 amide bonds. The number of hydrogen-bond donors (Lipinski definition) is 2. The Morgan fingerprint density at radius 3 is 2.54 bits per heavy atom. The minimum absolute atomic E-state index is 0.142. The summed E-state index contributed by atoms with van der Waals surface area (Å²) in [7, 11) is 0. The first-order valence-corrected chi connectivity index (χ1v) is 8.85. The highest BCUT2D eigenvalue weighted by molar-refractivity contribution is 5.74. The first kappa shape index (κ1) is 18.1. The van der Waals surface area contributed by atoms with Gasteiger partial charge in [-0.1, -0.05) is 12.1 Å². The van der Waals surface area contributed by atoms with Crippen molar-refractivity contribution < 1.29 is 9.18 Å². The van der Waals surface area contributed by atoms with Gasteiger partial charge in [-0.3, -0.25) is 0 Å². The summed E-state index contributed by atoms with van der Waals surface area (Å²) in [5.74, 6) is 1.45. The Labute approximate surface area is 152 Å². The third kappa shape index (κ3) is 4.91. The van der Waals surface area contributed by atoms with E-state index in [9.17, 15) is 9.18 Å². The van der Waals surface area contributed by atoms with Gasteiger partial charge < -0.3 is 15.5 Å². The minimum atomic E-state index is -0.279. The van der Waals surface area contributed by atoms with E-state index in [4.69, 9.17) is 0 Å². The van der Waals surface area contributed by atoms with Crippen molar-refractivity contribution in [1.29, 1.82) is 0 Å². The number of nitrogens with one attached hydrogen (secondary N) is 2. The van der Waals surface area contributed by atoms with Crippen molar-refractivity contribution in [2.75, 3.05) is 18.0 Å². The number of rotatable bonds is 4. The van der Waals surface area contributed by atoms with Gasteiger partial charge in [-0.2, -0.15) is 0 Å². The van der Waals surface area contributed by atoms with Gasteiger partial charge in [0.05, 0.1) is 0 Å². The van der Waals surface area contributed by atoms with Crippen molar-refractivity contribution in [2.24, 2.45) is 0 Å². The SMILES string of the molecule is Cc1cc(N2CCC(NC(=O)NCc3ccc(F)cc3)CC2)nc(C)n1. The maximum Gasteiger partial charge on any atom is 0.315 e. The fourth-order valence-electron chi connectivity index (χ4n) is 3.13. The zero-order valence-corrected chi connectivity index (χ0v) is 15.1. The molecule has 1 aromatic carbocycles.